The van der Waals surface area contributed by atoms with Gasteiger partial charge in [-0.15, -0.1) is 0 Å². The molecule has 0 fully saturated rings. The summed E-state index contributed by atoms with van der Waals surface area (Å²) >= 11 is 0. The number of hydrogen-bond donors (Lipinski definition) is 3. The molecule has 0 saturated carbocycles. The van der Waals surface area contributed by atoms with Crippen LogP contribution in [0, 0.1) is 0 Å². The summed E-state index contributed by atoms with van der Waals surface area (Å²) in [6.45, 7) is 7.69. The van der Waals surface area contributed by atoms with Crippen LogP contribution in [0.15, 0.2) is 42.5 Å². The third-order valence-electron chi connectivity index (χ3n) is 4.85. The van der Waals surface area contributed by atoms with Gasteiger partial charge < -0.3 is 29.2 Å². The first kappa shape index (κ1) is 27.0. The van der Waals surface area contributed by atoms with Gasteiger partial charge in [-0.25, -0.2) is 9.59 Å². The van der Waals surface area contributed by atoms with Crippen LogP contribution in [0.1, 0.15) is 44.7 Å². The smallest absolute Gasteiger partial charge is 0.488 e. The van der Waals surface area contributed by atoms with Crippen LogP contribution in [0.4, 0.5) is 15.3 Å². The minimum atomic E-state index is -1.60. The molecule has 0 aliphatic heterocycles. The van der Waals surface area contributed by atoms with E-state index in [0.717, 1.165) is 11.1 Å². The molecule has 0 aliphatic carbocycles. The zero-order chi connectivity index (χ0) is 25.5. The van der Waals surface area contributed by atoms with Gasteiger partial charge in [-0.2, -0.15) is 0 Å². The highest BCUT2D eigenvalue weighted by atomic mass is 16.6. The molecule has 0 aromatic heterocycles. The maximum atomic E-state index is 12.3. The van der Waals surface area contributed by atoms with Crippen LogP contribution in [0.3, 0.4) is 0 Å². The lowest BCUT2D eigenvalue weighted by Gasteiger charge is -2.24. The van der Waals surface area contributed by atoms with Gasteiger partial charge in [0, 0.05) is 30.8 Å². The molecule has 10 heteroatoms. The van der Waals surface area contributed by atoms with Gasteiger partial charge >= 0.3 is 19.3 Å². The Kier molecular flexibility index (Phi) is 9.34. The Labute approximate surface area is 200 Å². The Morgan fingerprint density at radius 3 is 2.47 bits per heavy atom. The van der Waals surface area contributed by atoms with Crippen molar-refractivity contribution in [1.29, 1.82) is 0 Å². The predicted molar refractivity (Wildman–Crippen MR) is 130 cm³/mol. The number of benzene rings is 2. The number of hydrogen-bond acceptors (Lipinski definition) is 7. The van der Waals surface area contributed by atoms with E-state index in [-0.39, 0.29) is 12.5 Å². The second kappa shape index (κ2) is 11.8. The fourth-order valence-electron chi connectivity index (χ4n) is 3.17. The van der Waals surface area contributed by atoms with Crippen LogP contribution >= 0.6 is 0 Å². The molecule has 2 aromatic carbocycles. The minimum absolute atomic E-state index is 0.0876. The molecule has 3 N–H and O–H groups in total. The predicted octanol–water partition coefficient (Wildman–Crippen LogP) is 3.09. The quantitative estimate of drug-likeness (QED) is 0.506. The Hall–Kier alpha value is -3.24. The van der Waals surface area contributed by atoms with Gasteiger partial charge in [-0.1, -0.05) is 31.2 Å². The van der Waals surface area contributed by atoms with E-state index >= 15 is 0 Å². The maximum absolute atomic E-state index is 12.3. The van der Waals surface area contributed by atoms with Crippen LogP contribution in [0.2, 0.25) is 0 Å². The number of rotatable bonds is 8. The second-order valence-corrected chi connectivity index (χ2v) is 9.04. The van der Waals surface area contributed by atoms with E-state index in [1.807, 2.05) is 13.0 Å². The van der Waals surface area contributed by atoms with Crippen LogP contribution in [-0.2, 0) is 16.0 Å². The van der Waals surface area contributed by atoms with Gasteiger partial charge in [0.1, 0.15) is 11.4 Å². The third-order valence-corrected chi connectivity index (χ3v) is 4.85. The van der Waals surface area contributed by atoms with Crippen molar-refractivity contribution in [3.8, 4) is 5.75 Å². The van der Waals surface area contributed by atoms with Gasteiger partial charge in [0.2, 0.25) is 0 Å². The number of nitrogens with one attached hydrogen (secondary N) is 1. The molecular weight excluding hydrogens is 439 g/mol. The first-order valence-electron chi connectivity index (χ1n) is 10.9. The standard InChI is InChI=1S/C24H33BN2O7/c1-16(20-11-10-18(25(30)31)13-21(20)32-6)15-33-22(28)26-19-9-7-8-17(12-19)14-27(5)23(29)34-24(2,3)4/h7-13,16,30-31H,14-15H2,1-6H3,(H,26,28)/t16-/m0/s1. The van der Waals surface area contributed by atoms with Crippen molar-refractivity contribution >= 4 is 30.5 Å². The average molecular weight is 472 g/mol. The lowest BCUT2D eigenvalue weighted by Crippen LogP contribution is -2.33. The van der Waals surface area contributed by atoms with Crippen molar-refractivity contribution < 1.29 is 33.8 Å². The van der Waals surface area contributed by atoms with E-state index in [1.165, 1.54) is 18.1 Å². The monoisotopic (exact) mass is 472 g/mol. The molecule has 2 rings (SSSR count). The largest absolute Gasteiger partial charge is 0.496 e. The molecule has 0 bridgehead atoms. The van der Waals surface area contributed by atoms with Crippen LogP contribution in [0.5, 0.6) is 5.75 Å². The normalized spacial score (nSPS) is 11.9. The average Bonchev–Trinajstić information content (AvgIpc) is 2.76. The summed E-state index contributed by atoms with van der Waals surface area (Å²) in [5.74, 6) is 0.281. The topological polar surface area (TPSA) is 118 Å². The zero-order valence-corrected chi connectivity index (χ0v) is 20.5. The van der Waals surface area contributed by atoms with E-state index in [1.54, 1.807) is 58.2 Å². The summed E-state index contributed by atoms with van der Waals surface area (Å²) in [6.07, 6.45) is -1.05. The molecular formula is C24H33BN2O7. The van der Waals surface area contributed by atoms with E-state index in [2.05, 4.69) is 5.32 Å². The van der Waals surface area contributed by atoms with Crippen LogP contribution in [-0.4, -0.2) is 60.6 Å². The molecule has 0 unspecified atom stereocenters. The Bertz CT molecular complexity index is 992. The first-order chi connectivity index (χ1) is 15.9. The highest BCUT2D eigenvalue weighted by molar-refractivity contribution is 6.58. The van der Waals surface area contributed by atoms with E-state index < -0.39 is 24.9 Å². The molecule has 1 atom stereocenters. The minimum Gasteiger partial charge on any atom is -0.496 e. The van der Waals surface area contributed by atoms with Crippen molar-refractivity contribution in [1.82, 2.24) is 4.90 Å². The zero-order valence-electron chi connectivity index (χ0n) is 20.5. The van der Waals surface area contributed by atoms with Crippen molar-refractivity contribution in [3.63, 3.8) is 0 Å². The van der Waals surface area contributed by atoms with Crippen molar-refractivity contribution in [2.24, 2.45) is 0 Å². The van der Waals surface area contributed by atoms with Crippen LogP contribution in [0.25, 0.3) is 0 Å². The number of methoxy groups -OCH3 is 1. The van der Waals surface area contributed by atoms with Gasteiger partial charge in [0.15, 0.2) is 0 Å². The maximum Gasteiger partial charge on any atom is 0.488 e. The number of nitrogens with zero attached hydrogens (tertiary/aromatic N) is 1. The Morgan fingerprint density at radius 2 is 1.85 bits per heavy atom. The molecule has 9 nitrogen and oxygen atoms in total. The molecule has 0 aliphatic rings. The van der Waals surface area contributed by atoms with E-state index in [4.69, 9.17) is 14.2 Å². The summed E-state index contributed by atoms with van der Waals surface area (Å²) < 4.78 is 16.1. The molecule has 184 valence electrons. The van der Waals surface area contributed by atoms with Crippen LogP contribution < -0.4 is 15.5 Å². The molecule has 34 heavy (non-hydrogen) atoms. The summed E-state index contributed by atoms with van der Waals surface area (Å²) in [4.78, 5) is 26.0. The number of carbonyl (C=O) groups excluding carboxylic acids is 2. The fourth-order valence-corrected chi connectivity index (χ4v) is 3.17. The number of ether oxygens (including phenoxy) is 3. The molecule has 2 amide bonds. The van der Waals surface area contributed by atoms with Crippen molar-refractivity contribution in [3.05, 3.63) is 53.6 Å². The van der Waals surface area contributed by atoms with Gasteiger partial charge in [0.25, 0.3) is 0 Å². The molecule has 0 spiro atoms. The van der Waals surface area contributed by atoms with Crippen molar-refractivity contribution in [2.75, 3.05) is 26.1 Å². The highest BCUT2D eigenvalue weighted by Gasteiger charge is 2.20. The molecule has 0 heterocycles. The first-order valence-corrected chi connectivity index (χ1v) is 10.9. The molecule has 2 aromatic rings. The third kappa shape index (κ3) is 8.28. The number of amides is 2. The number of anilines is 1. The summed E-state index contributed by atoms with van der Waals surface area (Å²) in [5, 5.41) is 21.3. The van der Waals surface area contributed by atoms with E-state index in [0.29, 0.717) is 23.4 Å². The number of carbonyl (C=O) groups is 2. The molecule has 0 saturated heterocycles. The van der Waals surface area contributed by atoms with Crippen molar-refractivity contribution in [2.45, 2.75) is 45.8 Å². The SMILES string of the molecule is COc1cc(B(O)O)ccc1[C@@H](C)COC(=O)Nc1cccc(CN(C)C(=O)OC(C)(C)C)c1. The van der Waals surface area contributed by atoms with Gasteiger partial charge in [-0.05, 0) is 50.0 Å². The van der Waals surface area contributed by atoms with Gasteiger partial charge in [-0.3, -0.25) is 5.32 Å². The lowest BCUT2D eigenvalue weighted by atomic mass is 9.79. The summed E-state index contributed by atoms with van der Waals surface area (Å²) in [5.41, 5.74) is 1.85. The fraction of sp³-hybridized carbons (Fsp3) is 0.417. The Morgan fingerprint density at radius 1 is 1.15 bits per heavy atom. The Balaban J connectivity index is 1.94. The molecule has 0 radical (unpaired) electrons. The second-order valence-electron chi connectivity index (χ2n) is 9.04. The lowest BCUT2D eigenvalue weighted by molar-refractivity contribution is 0.0285. The summed E-state index contributed by atoms with van der Waals surface area (Å²) in [7, 11) is 1.53. The van der Waals surface area contributed by atoms with Gasteiger partial charge in [0.05, 0.1) is 13.7 Å². The van der Waals surface area contributed by atoms with E-state index in [9.17, 15) is 19.6 Å². The summed E-state index contributed by atoms with van der Waals surface area (Å²) in [6, 6.07) is 11.9. The highest BCUT2D eigenvalue weighted by Crippen LogP contribution is 2.26.